The fraction of sp³-hybridized carbons (Fsp3) is 0.712. The summed E-state index contributed by atoms with van der Waals surface area (Å²) in [5.41, 5.74) is 0. The molecule has 58 heavy (non-hydrogen) atoms. The summed E-state index contributed by atoms with van der Waals surface area (Å²) in [6, 6.07) is 0. The third-order valence-corrected chi connectivity index (χ3v) is 9.96. The van der Waals surface area contributed by atoms with E-state index in [0.29, 0.717) is 19.3 Å². The average molecular weight is 809 g/mol. The smallest absolute Gasteiger partial charge is 0.306 e. The molecular formula is C52H88O6. The van der Waals surface area contributed by atoms with Crippen LogP contribution in [0.25, 0.3) is 0 Å². The van der Waals surface area contributed by atoms with Crippen molar-refractivity contribution in [2.24, 2.45) is 0 Å². The Hall–Kier alpha value is -3.15. The molecule has 0 N–H and O–H groups in total. The largest absolute Gasteiger partial charge is 0.462 e. The first-order valence-electron chi connectivity index (χ1n) is 23.9. The molecule has 0 fully saturated rings. The van der Waals surface area contributed by atoms with Crippen molar-refractivity contribution in [2.75, 3.05) is 13.2 Å². The number of carbonyl (C=O) groups is 3. The van der Waals surface area contributed by atoms with Gasteiger partial charge in [0.15, 0.2) is 6.10 Å². The van der Waals surface area contributed by atoms with E-state index in [2.05, 4.69) is 81.5 Å². The Bertz CT molecular complexity index is 1110. The lowest BCUT2D eigenvalue weighted by atomic mass is 10.1. The molecule has 0 bridgehead atoms. The molecule has 0 amide bonds. The maximum atomic E-state index is 12.7. The molecule has 0 rings (SSSR count). The molecule has 0 aromatic carbocycles. The summed E-state index contributed by atoms with van der Waals surface area (Å²) in [6.45, 7) is 6.42. The second-order valence-corrected chi connectivity index (χ2v) is 15.6. The van der Waals surface area contributed by atoms with Crippen LogP contribution in [0.2, 0.25) is 0 Å². The molecule has 0 aliphatic carbocycles. The average Bonchev–Trinajstić information content (AvgIpc) is 3.22. The lowest BCUT2D eigenvalue weighted by Crippen LogP contribution is -2.30. The number of unbranched alkanes of at least 4 members (excludes halogenated alkanes) is 19. The molecular weight excluding hydrogens is 721 g/mol. The van der Waals surface area contributed by atoms with Gasteiger partial charge in [-0.25, -0.2) is 0 Å². The van der Waals surface area contributed by atoms with Gasteiger partial charge in [-0.15, -0.1) is 0 Å². The van der Waals surface area contributed by atoms with E-state index in [4.69, 9.17) is 14.2 Å². The Morgan fingerprint density at radius 2 is 0.707 bits per heavy atom. The van der Waals surface area contributed by atoms with Crippen LogP contribution in [-0.2, 0) is 28.6 Å². The summed E-state index contributed by atoms with van der Waals surface area (Å²) in [5.74, 6) is -1.01. The van der Waals surface area contributed by atoms with Gasteiger partial charge in [0.1, 0.15) is 13.2 Å². The normalized spacial score (nSPS) is 12.7. The lowest BCUT2D eigenvalue weighted by Gasteiger charge is -2.18. The van der Waals surface area contributed by atoms with Crippen molar-refractivity contribution < 1.29 is 28.6 Å². The van der Waals surface area contributed by atoms with Crippen molar-refractivity contribution in [3.8, 4) is 0 Å². The van der Waals surface area contributed by atoms with E-state index >= 15 is 0 Å². The zero-order valence-electron chi connectivity index (χ0n) is 37.8. The van der Waals surface area contributed by atoms with Crippen LogP contribution < -0.4 is 0 Å². The quantitative estimate of drug-likeness (QED) is 0.0264. The van der Waals surface area contributed by atoms with Crippen LogP contribution in [0.3, 0.4) is 0 Å². The van der Waals surface area contributed by atoms with Crippen LogP contribution in [0.1, 0.15) is 220 Å². The third kappa shape index (κ3) is 44.0. The second kappa shape index (κ2) is 46.5. The minimum absolute atomic E-state index is 0.103. The standard InChI is InChI=1S/C52H88O6/c1-4-7-10-13-16-19-22-24-26-27-29-30-33-36-39-42-45-51(54)57-48-49(47-56-50(53)44-41-38-35-32-21-18-15-12-9-6-3)58-52(55)46-43-40-37-34-31-28-25-23-20-17-14-11-8-5-2/h7,10,16,19,24,26,28-31,36,39,49H,4-6,8-9,11-15,17-18,20-23,25,27,32-35,37-38,40-48H2,1-3H3/b10-7-,19-16-,26-24-,30-29-,31-28-,39-36-. The molecule has 0 aromatic heterocycles. The summed E-state index contributed by atoms with van der Waals surface area (Å²) in [7, 11) is 0. The van der Waals surface area contributed by atoms with E-state index in [1.165, 1.54) is 89.9 Å². The zero-order chi connectivity index (χ0) is 42.3. The highest BCUT2D eigenvalue weighted by molar-refractivity contribution is 5.71. The van der Waals surface area contributed by atoms with Crippen molar-refractivity contribution in [1.82, 2.24) is 0 Å². The molecule has 1 atom stereocenters. The minimum atomic E-state index is -0.809. The van der Waals surface area contributed by atoms with E-state index in [0.717, 1.165) is 83.5 Å². The van der Waals surface area contributed by atoms with E-state index < -0.39 is 6.10 Å². The Morgan fingerprint density at radius 3 is 1.17 bits per heavy atom. The molecule has 332 valence electrons. The topological polar surface area (TPSA) is 78.9 Å². The SMILES string of the molecule is CC/C=C\C/C=C\C/C=C\C/C=C\C/C=C\CCC(=O)OCC(COC(=O)CCCCCCCCCCCC)OC(=O)CCCCC/C=C\CCCCCCCCC. The molecule has 0 aromatic rings. The highest BCUT2D eigenvalue weighted by atomic mass is 16.6. The van der Waals surface area contributed by atoms with Gasteiger partial charge in [-0.2, -0.15) is 0 Å². The maximum absolute atomic E-state index is 12.7. The van der Waals surface area contributed by atoms with Gasteiger partial charge in [0, 0.05) is 19.3 Å². The zero-order valence-corrected chi connectivity index (χ0v) is 37.8. The monoisotopic (exact) mass is 809 g/mol. The van der Waals surface area contributed by atoms with Crippen molar-refractivity contribution in [2.45, 2.75) is 226 Å². The molecule has 0 aliphatic heterocycles. The number of hydrogen-bond acceptors (Lipinski definition) is 6. The molecule has 6 nitrogen and oxygen atoms in total. The Kier molecular flexibility index (Phi) is 44.0. The van der Waals surface area contributed by atoms with Crippen LogP contribution in [0.4, 0.5) is 0 Å². The van der Waals surface area contributed by atoms with Crippen molar-refractivity contribution in [3.05, 3.63) is 72.9 Å². The van der Waals surface area contributed by atoms with Crippen molar-refractivity contribution in [1.29, 1.82) is 0 Å². The second-order valence-electron chi connectivity index (χ2n) is 15.6. The predicted molar refractivity (Wildman–Crippen MR) is 247 cm³/mol. The summed E-state index contributed by atoms with van der Waals surface area (Å²) >= 11 is 0. The Balaban J connectivity index is 4.50. The first-order valence-corrected chi connectivity index (χ1v) is 23.9. The number of esters is 3. The van der Waals surface area contributed by atoms with Crippen LogP contribution in [0, 0.1) is 0 Å². The van der Waals surface area contributed by atoms with Crippen LogP contribution in [0.5, 0.6) is 0 Å². The lowest BCUT2D eigenvalue weighted by molar-refractivity contribution is -0.166. The predicted octanol–water partition coefficient (Wildman–Crippen LogP) is 15.5. The Morgan fingerprint density at radius 1 is 0.362 bits per heavy atom. The summed E-state index contributed by atoms with van der Waals surface area (Å²) < 4.78 is 16.6. The van der Waals surface area contributed by atoms with Gasteiger partial charge in [-0.3, -0.25) is 14.4 Å². The third-order valence-electron chi connectivity index (χ3n) is 9.96. The van der Waals surface area contributed by atoms with Gasteiger partial charge in [-0.05, 0) is 77.0 Å². The van der Waals surface area contributed by atoms with E-state index in [9.17, 15) is 14.4 Å². The van der Waals surface area contributed by atoms with Crippen molar-refractivity contribution in [3.63, 3.8) is 0 Å². The van der Waals surface area contributed by atoms with Gasteiger partial charge >= 0.3 is 17.9 Å². The van der Waals surface area contributed by atoms with Gasteiger partial charge < -0.3 is 14.2 Å². The highest BCUT2D eigenvalue weighted by Crippen LogP contribution is 2.13. The number of rotatable bonds is 42. The van der Waals surface area contributed by atoms with Gasteiger partial charge in [0.25, 0.3) is 0 Å². The van der Waals surface area contributed by atoms with Crippen LogP contribution >= 0.6 is 0 Å². The molecule has 0 radical (unpaired) electrons. The molecule has 0 saturated carbocycles. The first-order chi connectivity index (χ1) is 28.5. The molecule has 0 saturated heterocycles. The van der Waals surface area contributed by atoms with E-state index in [1.54, 1.807) is 0 Å². The fourth-order valence-corrected chi connectivity index (χ4v) is 6.37. The number of hydrogen-bond donors (Lipinski definition) is 0. The molecule has 6 heteroatoms. The molecule has 0 aliphatic rings. The maximum Gasteiger partial charge on any atom is 0.306 e. The number of ether oxygens (including phenoxy) is 3. The molecule has 0 spiro atoms. The Labute approximate surface area is 357 Å². The fourth-order valence-electron chi connectivity index (χ4n) is 6.37. The van der Waals surface area contributed by atoms with E-state index in [-0.39, 0.29) is 37.5 Å². The van der Waals surface area contributed by atoms with Crippen molar-refractivity contribution >= 4 is 17.9 Å². The van der Waals surface area contributed by atoms with Gasteiger partial charge in [0.05, 0.1) is 0 Å². The van der Waals surface area contributed by atoms with E-state index in [1.807, 2.05) is 12.2 Å². The number of allylic oxidation sites excluding steroid dienone is 12. The van der Waals surface area contributed by atoms with Gasteiger partial charge in [-0.1, -0.05) is 196 Å². The minimum Gasteiger partial charge on any atom is -0.462 e. The number of carbonyl (C=O) groups excluding carboxylic acids is 3. The molecule has 1 unspecified atom stereocenters. The van der Waals surface area contributed by atoms with Gasteiger partial charge in [0.2, 0.25) is 0 Å². The summed E-state index contributed by atoms with van der Waals surface area (Å²) in [6.07, 6.45) is 57.5. The van der Waals surface area contributed by atoms with Crippen LogP contribution in [0.15, 0.2) is 72.9 Å². The highest BCUT2D eigenvalue weighted by Gasteiger charge is 2.19. The summed E-state index contributed by atoms with van der Waals surface area (Å²) in [5, 5.41) is 0. The molecule has 0 heterocycles. The van der Waals surface area contributed by atoms with Crippen LogP contribution in [-0.4, -0.2) is 37.2 Å². The summed E-state index contributed by atoms with van der Waals surface area (Å²) in [4.78, 5) is 37.8. The first kappa shape index (κ1) is 54.9.